The van der Waals surface area contributed by atoms with E-state index in [1.807, 2.05) is 0 Å². The molecule has 0 aliphatic carbocycles. The Labute approximate surface area is 444 Å². The number of esters is 2. The summed E-state index contributed by atoms with van der Waals surface area (Å²) >= 11 is 0. The zero-order valence-corrected chi connectivity index (χ0v) is 48.5. The molecule has 0 aromatic heterocycles. The lowest BCUT2D eigenvalue weighted by atomic mass is 10.0. The smallest absolute Gasteiger partial charge is 0.305 e. The molecule has 1 aliphatic heterocycles. The second-order valence-electron chi connectivity index (χ2n) is 22.9. The van der Waals surface area contributed by atoms with E-state index in [0.717, 1.165) is 44.4 Å². The third-order valence-electron chi connectivity index (χ3n) is 15.6. The van der Waals surface area contributed by atoms with Gasteiger partial charge in [0, 0.05) is 19.3 Å². The number of rotatable bonds is 59. The van der Waals surface area contributed by atoms with Crippen molar-refractivity contribution in [3.8, 4) is 0 Å². The summed E-state index contributed by atoms with van der Waals surface area (Å²) < 4.78 is 17.8. The highest BCUT2D eigenvalue weighted by molar-refractivity contribution is 5.78. The molecule has 0 spiro atoms. The van der Waals surface area contributed by atoms with E-state index < -0.39 is 5.54 Å². The zero-order valence-electron chi connectivity index (χ0n) is 48.5. The van der Waals surface area contributed by atoms with Crippen LogP contribution < -0.4 is 0 Å². The maximum atomic E-state index is 12.9. The fraction of sp³-hybridized carbons (Fsp3) is 0.954. The van der Waals surface area contributed by atoms with Crippen LogP contribution in [0.25, 0.3) is 0 Å². The highest BCUT2D eigenvalue weighted by atomic mass is 16.6. The number of aliphatic imine (C=N–C) groups is 1. The lowest BCUT2D eigenvalue weighted by Gasteiger charge is -2.23. The number of nitrogens with zero attached hydrogens (tertiary/aromatic N) is 1. The lowest BCUT2D eigenvalue weighted by Crippen LogP contribution is -2.41. The van der Waals surface area contributed by atoms with Gasteiger partial charge in [-0.3, -0.25) is 9.59 Å². The summed E-state index contributed by atoms with van der Waals surface area (Å²) in [6, 6.07) is 0. The zero-order chi connectivity index (χ0) is 51.1. The molecule has 0 N–H and O–H groups in total. The van der Waals surface area contributed by atoms with Crippen LogP contribution in [0.15, 0.2) is 4.99 Å². The standard InChI is InChI=1S/C65H125NO5/c1-4-7-10-13-16-19-22-25-28-31-33-36-39-42-45-48-51-54-57-63(67)70-60-65(59-69-62(66-65)56-53-50-47-44-41-38-35-30-27-24-21-18-15-12-9-6-3)61-71-64(68)58-55-52-49-46-43-40-37-34-32-29-26-23-20-17-14-11-8-5-2/h4-61H2,1-3H3. The van der Waals surface area contributed by atoms with Gasteiger partial charge in [-0.1, -0.05) is 335 Å². The highest BCUT2D eigenvalue weighted by Gasteiger charge is 2.40. The van der Waals surface area contributed by atoms with Crippen LogP contribution in [0.5, 0.6) is 0 Å². The van der Waals surface area contributed by atoms with Crippen molar-refractivity contribution in [2.75, 3.05) is 19.8 Å². The minimum absolute atomic E-state index is 0.111. The van der Waals surface area contributed by atoms with Crippen molar-refractivity contribution in [2.45, 2.75) is 379 Å². The molecule has 0 saturated heterocycles. The summed E-state index contributed by atoms with van der Waals surface area (Å²) in [4.78, 5) is 30.9. The van der Waals surface area contributed by atoms with E-state index in [-0.39, 0.29) is 25.2 Å². The first-order valence-corrected chi connectivity index (χ1v) is 32.6. The Morgan fingerprint density at radius 2 is 0.549 bits per heavy atom. The molecule has 71 heavy (non-hydrogen) atoms. The van der Waals surface area contributed by atoms with Crippen LogP contribution in [0.1, 0.15) is 374 Å². The van der Waals surface area contributed by atoms with Crippen LogP contribution in [-0.2, 0) is 23.8 Å². The fourth-order valence-corrected chi connectivity index (χ4v) is 10.6. The first-order valence-electron chi connectivity index (χ1n) is 32.6. The minimum Gasteiger partial charge on any atom is -0.478 e. The van der Waals surface area contributed by atoms with Gasteiger partial charge >= 0.3 is 11.9 Å². The third kappa shape index (κ3) is 47.8. The van der Waals surface area contributed by atoms with Crippen molar-refractivity contribution in [1.82, 2.24) is 0 Å². The molecule has 420 valence electrons. The van der Waals surface area contributed by atoms with Crippen molar-refractivity contribution < 1.29 is 23.8 Å². The molecule has 1 aliphatic rings. The summed E-state index contributed by atoms with van der Waals surface area (Å²) in [6.07, 6.45) is 71.1. The van der Waals surface area contributed by atoms with Gasteiger partial charge in [0.1, 0.15) is 19.8 Å². The quantitative estimate of drug-likeness (QED) is 0.0448. The Morgan fingerprint density at radius 3 is 0.789 bits per heavy atom. The van der Waals surface area contributed by atoms with Crippen molar-refractivity contribution in [2.24, 2.45) is 4.99 Å². The van der Waals surface area contributed by atoms with Gasteiger partial charge in [0.2, 0.25) is 0 Å². The molecule has 0 atom stereocenters. The van der Waals surface area contributed by atoms with Crippen LogP contribution in [0.3, 0.4) is 0 Å². The predicted octanol–water partition coefficient (Wildman–Crippen LogP) is 21.8. The van der Waals surface area contributed by atoms with Gasteiger partial charge in [0.25, 0.3) is 0 Å². The van der Waals surface area contributed by atoms with Gasteiger partial charge < -0.3 is 14.2 Å². The number of unbranched alkanes of at least 4 members (excludes halogenated alkanes) is 49. The minimum atomic E-state index is -0.836. The van der Waals surface area contributed by atoms with Crippen LogP contribution in [0.2, 0.25) is 0 Å². The molecule has 0 aromatic rings. The van der Waals surface area contributed by atoms with E-state index >= 15 is 0 Å². The second-order valence-corrected chi connectivity index (χ2v) is 22.9. The van der Waals surface area contributed by atoms with Crippen molar-refractivity contribution in [3.05, 3.63) is 0 Å². The average Bonchev–Trinajstić information content (AvgIpc) is 3.79. The summed E-state index contributed by atoms with van der Waals surface area (Å²) in [5.74, 6) is 0.384. The summed E-state index contributed by atoms with van der Waals surface area (Å²) in [7, 11) is 0. The first-order chi connectivity index (χ1) is 35.0. The van der Waals surface area contributed by atoms with E-state index in [9.17, 15) is 9.59 Å². The van der Waals surface area contributed by atoms with E-state index in [1.54, 1.807) is 0 Å². The topological polar surface area (TPSA) is 74.2 Å². The monoisotopic (exact) mass is 1000 g/mol. The molecule has 0 unspecified atom stereocenters. The normalized spacial score (nSPS) is 13.2. The molecular formula is C65H125NO5. The molecule has 0 aromatic carbocycles. The maximum absolute atomic E-state index is 12.9. The summed E-state index contributed by atoms with van der Waals surface area (Å²) in [6.45, 7) is 7.41. The maximum Gasteiger partial charge on any atom is 0.305 e. The Balaban J connectivity index is 2.30. The van der Waals surface area contributed by atoms with E-state index in [2.05, 4.69) is 20.8 Å². The number of carbonyl (C=O) groups excluding carboxylic acids is 2. The molecule has 0 fully saturated rings. The molecule has 0 bridgehead atoms. The Kier molecular flexibility index (Phi) is 51.9. The average molecular weight is 1000 g/mol. The lowest BCUT2D eigenvalue weighted by molar-refractivity contribution is -0.150. The highest BCUT2D eigenvalue weighted by Crippen LogP contribution is 2.25. The largest absolute Gasteiger partial charge is 0.478 e. The van der Waals surface area contributed by atoms with Crippen molar-refractivity contribution in [1.29, 1.82) is 0 Å². The van der Waals surface area contributed by atoms with E-state index in [1.165, 1.54) is 302 Å². The van der Waals surface area contributed by atoms with Gasteiger partial charge in [0.15, 0.2) is 11.4 Å². The molecular weight excluding hydrogens is 875 g/mol. The van der Waals surface area contributed by atoms with E-state index in [0.29, 0.717) is 19.4 Å². The number of ether oxygens (including phenoxy) is 3. The fourth-order valence-electron chi connectivity index (χ4n) is 10.6. The van der Waals surface area contributed by atoms with Crippen LogP contribution >= 0.6 is 0 Å². The molecule has 1 heterocycles. The molecule has 0 saturated carbocycles. The van der Waals surface area contributed by atoms with Gasteiger partial charge in [-0.2, -0.15) is 0 Å². The van der Waals surface area contributed by atoms with Crippen LogP contribution in [0, 0.1) is 0 Å². The number of hydrogen-bond donors (Lipinski definition) is 0. The van der Waals surface area contributed by atoms with Gasteiger partial charge in [-0.05, 0) is 19.3 Å². The molecule has 1 rings (SSSR count). The van der Waals surface area contributed by atoms with Crippen LogP contribution in [-0.4, -0.2) is 43.2 Å². The first kappa shape index (κ1) is 67.4. The third-order valence-corrected chi connectivity index (χ3v) is 15.6. The predicted molar refractivity (Wildman–Crippen MR) is 309 cm³/mol. The van der Waals surface area contributed by atoms with Gasteiger partial charge in [-0.25, -0.2) is 4.99 Å². The Morgan fingerprint density at radius 1 is 0.338 bits per heavy atom. The molecule has 0 radical (unpaired) electrons. The Bertz CT molecular complexity index is 1080. The van der Waals surface area contributed by atoms with Crippen LogP contribution in [0.4, 0.5) is 0 Å². The molecule has 6 nitrogen and oxygen atoms in total. The van der Waals surface area contributed by atoms with E-state index in [4.69, 9.17) is 19.2 Å². The Hall–Kier alpha value is -1.59. The van der Waals surface area contributed by atoms with Crippen molar-refractivity contribution >= 4 is 17.8 Å². The second kappa shape index (κ2) is 54.7. The number of carbonyl (C=O) groups is 2. The SMILES string of the molecule is CCCCCCCCCCCCCCCCCCCCC(=O)OCC1(COC(=O)CCCCCCCCCCCCCCCCCCCC)COC(CCCCCCCCCCCCCCCCCC)=N1. The summed E-state index contributed by atoms with van der Waals surface area (Å²) in [5.41, 5.74) is -0.836. The summed E-state index contributed by atoms with van der Waals surface area (Å²) in [5, 5.41) is 0. The van der Waals surface area contributed by atoms with Crippen molar-refractivity contribution in [3.63, 3.8) is 0 Å². The number of hydrogen-bond acceptors (Lipinski definition) is 6. The van der Waals surface area contributed by atoms with Gasteiger partial charge in [0.05, 0.1) is 0 Å². The van der Waals surface area contributed by atoms with Gasteiger partial charge in [-0.15, -0.1) is 0 Å². The molecule has 6 heteroatoms. The molecule has 0 amide bonds.